The first-order chi connectivity index (χ1) is 8.13. The van der Waals surface area contributed by atoms with Crippen molar-refractivity contribution in [3.63, 3.8) is 0 Å². The molecule has 1 aromatic rings. The zero-order chi connectivity index (χ0) is 12.8. The van der Waals surface area contributed by atoms with Crippen molar-refractivity contribution in [2.24, 2.45) is 5.84 Å². The van der Waals surface area contributed by atoms with E-state index in [1.165, 1.54) is 0 Å². The fraction of sp³-hybridized carbons (Fsp3) is 0.583. The molecule has 1 heterocycles. The highest BCUT2D eigenvalue weighted by molar-refractivity contribution is 5.41. The molecule has 5 nitrogen and oxygen atoms in total. The lowest BCUT2D eigenvalue weighted by atomic mass is 10.1. The van der Waals surface area contributed by atoms with Crippen molar-refractivity contribution in [2.75, 3.05) is 20.8 Å². The molecule has 0 aliphatic rings. The summed E-state index contributed by atoms with van der Waals surface area (Å²) in [5, 5.41) is 0. The smallest absolute Gasteiger partial charge is 0.128 e. The number of aromatic nitrogens is 1. The fourth-order valence-corrected chi connectivity index (χ4v) is 1.88. The van der Waals surface area contributed by atoms with E-state index < -0.39 is 0 Å². The molecule has 96 valence electrons. The Labute approximate surface area is 102 Å². The predicted molar refractivity (Wildman–Crippen MR) is 67.0 cm³/mol. The van der Waals surface area contributed by atoms with Gasteiger partial charge >= 0.3 is 0 Å². The molecular weight excluding hydrogens is 218 g/mol. The van der Waals surface area contributed by atoms with Gasteiger partial charge in [0.15, 0.2) is 0 Å². The molecule has 1 rings (SSSR count). The van der Waals surface area contributed by atoms with Crippen LogP contribution in [0.25, 0.3) is 0 Å². The van der Waals surface area contributed by atoms with Gasteiger partial charge < -0.3 is 9.47 Å². The molecule has 1 unspecified atom stereocenters. The van der Waals surface area contributed by atoms with Crippen molar-refractivity contribution in [1.29, 1.82) is 0 Å². The van der Waals surface area contributed by atoms with E-state index in [9.17, 15) is 0 Å². The van der Waals surface area contributed by atoms with Crippen molar-refractivity contribution in [1.82, 2.24) is 10.4 Å². The minimum absolute atomic E-state index is 0.0543. The van der Waals surface area contributed by atoms with Gasteiger partial charge in [-0.25, -0.2) is 0 Å². The molecule has 0 radical (unpaired) electrons. The van der Waals surface area contributed by atoms with Gasteiger partial charge in [0.25, 0.3) is 0 Å². The summed E-state index contributed by atoms with van der Waals surface area (Å²) in [6, 6.07) is 0.0543. The Morgan fingerprint density at radius 2 is 2.12 bits per heavy atom. The molecule has 1 aromatic heterocycles. The Morgan fingerprint density at radius 1 is 1.41 bits per heavy atom. The maximum Gasteiger partial charge on any atom is 0.128 e. The van der Waals surface area contributed by atoms with Crippen molar-refractivity contribution >= 4 is 0 Å². The number of nitrogens with one attached hydrogen (secondary N) is 1. The average Bonchev–Trinajstić information content (AvgIpc) is 2.32. The van der Waals surface area contributed by atoms with E-state index in [2.05, 4.69) is 10.4 Å². The zero-order valence-electron chi connectivity index (χ0n) is 10.9. The van der Waals surface area contributed by atoms with Crippen molar-refractivity contribution < 1.29 is 9.47 Å². The van der Waals surface area contributed by atoms with E-state index in [0.29, 0.717) is 13.0 Å². The molecule has 5 heteroatoms. The summed E-state index contributed by atoms with van der Waals surface area (Å²) < 4.78 is 10.5. The molecule has 0 bridgehead atoms. The number of aryl methyl sites for hydroxylation is 1. The van der Waals surface area contributed by atoms with Crippen molar-refractivity contribution in [3.8, 4) is 5.75 Å². The van der Waals surface area contributed by atoms with Crippen LogP contribution in [0.1, 0.15) is 16.8 Å². The van der Waals surface area contributed by atoms with Gasteiger partial charge in [-0.2, -0.15) is 0 Å². The molecule has 0 aliphatic carbocycles. The molecule has 0 aliphatic heterocycles. The Hall–Kier alpha value is -1.17. The topological polar surface area (TPSA) is 69.4 Å². The number of pyridine rings is 1. The molecule has 0 spiro atoms. The Kier molecular flexibility index (Phi) is 5.34. The lowest BCUT2D eigenvalue weighted by Crippen LogP contribution is -2.40. The number of nitrogens with zero attached hydrogens (tertiary/aromatic N) is 1. The second-order valence-electron chi connectivity index (χ2n) is 4.07. The molecule has 0 saturated heterocycles. The summed E-state index contributed by atoms with van der Waals surface area (Å²) in [7, 11) is 3.33. The Morgan fingerprint density at radius 3 is 2.65 bits per heavy atom. The number of nitrogens with two attached hydrogens (primary N) is 1. The number of ether oxygens (including phenoxy) is 2. The summed E-state index contributed by atoms with van der Waals surface area (Å²) >= 11 is 0. The molecule has 1 atom stereocenters. The average molecular weight is 239 g/mol. The highest BCUT2D eigenvalue weighted by Crippen LogP contribution is 2.24. The van der Waals surface area contributed by atoms with Crippen molar-refractivity contribution in [3.05, 3.63) is 23.0 Å². The minimum atomic E-state index is 0.0543. The van der Waals surface area contributed by atoms with Gasteiger partial charge in [-0.15, -0.1) is 0 Å². The third-order valence-corrected chi connectivity index (χ3v) is 2.79. The second kappa shape index (κ2) is 6.54. The van der Waals surface area contributed by atoms with Gasteiger partial charge in [0, 0.05) is 42.6 Å². The minimum Gasteiger partial charge on any atom is -0.496 e. The van der Waals surface area contributed by atoms with Gasteiger partial charge in [0.1, 0.15) is 5.75 Å². The van der Waals surface area contributed by atoms with Gasteiger partial charge in [-0.05, 0) is 13.8 Å². The molecular formula is C12H21N3O2. The fourth-order valence-electron chi connectivity index (χ4n) is 1.88. The Balaban J connectivity index is 2.91. The van der Waals surface area contributed by atoms with Gasteiger partial charge in [-0.1, -0.05) is 0 Å². The van der Waals surface area contributed by atoms with E-state index in [0.717, 1.165) is 22.6 Å². The first-order valence-corrected chi connectivity index (χ1v) is 5.58. The van der Waals surface area contributed by atoms with Crippen LogP contribution >= 0.6 is 0 Å². The second-order valence-corrected chi connectivity index (χ2v) is 4.07. The maximum atomic E-state index is 5.47. The van der Waals surface area contributed by atoms with E-state index in [-0.39, 0.29) is 6.04 Å². The summed E-state index contributed by atoms with van der Waals surface area (Å²) in [5.74, 6) is 6.36. The lowest BCUT2D eigenvalue weighted by Gasteiger charge is -2.17. The lowest BCUT2D eigenvalue weighted by molar-refractivity contribution is 0.166. The number of hydrogen-bond acceptors (Lipinski definition) is 5. The highest BCUT2D eigenvalue weighted by Gasteiger charge is 2.14. The molecule has 0 saturated carbocycles. The van der Waals surface area contributed by atoms with Crippen LogP contribution in [0, 0.1) is 13.8 Å². The molecule has 3 N–H and O–H groups in total. The van der Waals surface area contributed by atoms with Crippen LogP contribution in [0.3, 0.4) is 0 Å². The van der Waals surface area contributed by atoms with Gasteiger partial charge in [0.05, 0.1) is 13.7 Å². The highest BCUT2D eigenvalue weighted by atomic mass is 16.5. The molecule has 0 fully saturated rings. The van der Waals surface area contributed by atoms with Crippen LogP contribution < -0.4 is 16.0 Å². The van der Waals surface area contributed by atoms with Crippen LogP contribution in [0.5, 0.6) is 5.75 Å². The quantitative estimate of drug-likeness (QED) is 0.565. The standard InChI is InChI=1S/C12H21N3O2/c1-8-6-14-11(9(2)12(8)17-4)5-10(15-13)7-16-3/h6,10,15H,5,7,13H2,1-4H3. The van der Waals surface area contributed by atoms with E-state index in [1.54, 1.807) is 14.2 Å². The summed E-state index contributed by atoms with van der Waals surface area (Å²) in [4.78, 5) is 4.43. The molecule has 0 amide bonds. The Bertz CT molecular complexity index is 369. The number of hydrogen-bond donors (Lipinski definition) is 2. The number of methoxy groups -OCH3 is 2. The van der Waals surface area contributed by atoms with Crippen LogP contribution in [0.2, 0.25) is 0 Å². The third-order valence-electron chi connectivity index (χ3n) is 2.79. The first kappa shape index (κ1) is 13.9. The van der Waals surface area contributed by atoms with Crippen molar-refractivity contribution in [2.45, 2.75) is 26.3 Å². The third kappa shape index (κ3) is 3.39. The molecule has 0 aromatic carbocycles. The summed E-state index contributed by atoms with van der Waals surface area (Å²) in [6.45, 7) is 4.54. The summed E-state index contributed by atoms with van der Waals surface area (Å²) in [6.07, 6.45) is 2.54. The first-order valence-electron chi connectivity index (χ1n) is 5.58. The van der Waals surface area contributed by atoms with E-state index >= 15 is 0 Å². The maximum absolute atomic E-state index is 5.47. The summed E-state index contributed by atoms with van der Waals surface area (Å²) in [5.41, 5.74) is 5.80. The zero-order valence-corrected chi connectivity index (χ0v) is 10.9. The SMILES string of the molecule is COCC(Cc1ncc(C)c(OC)c1C)NN. The van der Waals surface area contributed by atoms with Gasteiger partial charge in [-0.3, -0.25) is 16.3 Å². The van der Waals surface area contributed by atoms with Crippen LogP contribution in [0.15, 0.2) is 6.20 Å². The normalized spacial score (nSPS) is 12.5. The van der Waals surface area contributed by atoms with E-state index in [1.807, 2.05) is 20.0 Å². The van der Waals surface area contributed by atoms with Crippen LogP contribution in [0.4, 0.5) is 0 Å². The largest absolute Gasteiger partial charge is 0.496 e. The van der Waals surface area contributed by atoms with Crippen LogP contribution in [-0.4, -0.2) is 31.9 Å². The predicted octanol–water partition coefficient (Wildman–Crippen LogP) is 0.728. The number of hydrazine groups is 1. The van der Waals surface area contributed by atoms with Crippen LogP contribution in [-0.2, 0) is 11.2 Å². The number of rotatable bonds is 6. The van der Waals surface area contributed by atoms with E-state index in [4.69, 9.17) is 15.3 Å². The molecule has 17 heavy (non-hydrogen) atoms. The van der Waals surface area contributed by atoms with Gasteiger partial charge in [0.2, 0.25) is 0 Å². The monoisotopic (exact) mass is 239 g/mol.